The molecule has 0 spiro atoms. The number of hydrogen-bond donors (Lipinski definition) is 0. The highest BCUT2D eigenvalue weighted by Gasteiger charge is 2.55. The van der Waals surface area contributed by atoms with Crippen LogP contribution in [0.15, 0.2) is 29.1 Å². The Labute approximate surface area is 174 Å². The lowest BCUT2D eigenvalue weighted by atomic mass is 9.48. The molecule has 1 aromatic carbocycles. The fourth-order valence-corrected chi connectivity index (χ4v) is 6.52. The van der Waals surface area contributed by atoms with Crippen LogP contribution in [0.2, 0.25) is 0 Å². The van der Waals surface area contributed by atoms with Gasteiger partial charge in [0.2, 0.25) is 0 Å². The van der Waals surface area contributed by atoms with E-state index in [1.807, 2.05) is 0 Å². The van der Waals surface area contributed by atoms with Gasteiger partial charge in [0.25, 0.3) is 5.56 Å². The lowest BCUT2D eigenvalue weighted by molar-refractivity contribution is -0.165. The van der Waals surface area contributed by atoms with E-state index in [9.17, 15) is 14.4 Å². The van der Waals surface area contributed by atoms with Crippen LogP contribution in [0, 0.1) is 23.2 Å². The van der Waals surface area contributed by atoms with Crippen molar-refractivity contribution in [2.45, 2.75) is 64.5 Å². The largest absolute Gasteiger partial charge is 0.455 e. The minimum Gasteiger partial charge on any atom is -0.455 e. The molecule has 4 bridgehead atoms. The number of esters is 1. The van der Waals surface area contributed by atoms with Crippen LogP contribution in [-0.4, -0.2) is 32.9 Å². The average Bonchev–Trinajstić information content (AvgIpc) is 2.72. The van der Waals surface area contributed by atoms with Gasteiger partial charge < -0.3 is 4.74 Å². The van der Waals surface area contributed by atoms with Crippen molar-refractivity contribution in [2.75, 3.05) is 0 Å². The van der Waals surface area contributed by atoms with Gasteiger partial charge >= 0.3 is 5.97 Å². The van der Waals surface area contributed by atoms with Gasteiger partial charge in [-0.1, -0.05) is 17.3 Å². The zero-order valence-corrected chi connectivity index (χ0v) is 17.3. The summed E-state index contributed by atoms with van der Waals surface area (Å²) in [6.07, 6.45) is 5.91. The highest BCUT2D eigenvalue weighted by molar-refractivity contribution is 5.90. The summed E-state index contributed by atoms with van der Waals surface area (Å²) < 4.78 is 6.67. The topological polar surface area (TPSA) is 91.2 Å². The summed E-state index contributed by atoms with van der Waals surface area (Å²) in [5, 5.41) is 8.38. The molecular weight excluding hydrogens is 382 g/mol. The summed E-state index contributed by atoms with van der Waals surface area (Å²) in [4.78, 5) is 38.1. The van der Waals surface area contributed by atoms with Gasteiger partial charge in [0, 0.05) is 5.41 Å². The molecule has 0 radical (unpaired) electrons. The molecule has 4 aliphatic rings. The first-order valence-corrected chi connectivity index (χ1v) is 11.0. The van der Waals surface area contributed by atoms with Gasteiger partial charge in [0.05, 0.1) is 18.4 Å². The number of aryl methyl sites for hydroxylation is 1. The first kappa shape index (κ1) is 19.4. The SMILES string of the molecule is C[C@@H](OC(=O)CCn1nnc2ccccc2c1=O)C(=O)C12CC3CC(CC(C3)C1)C2. The fourth-order valence-electron chi connectivity index (χ4n) is 6.52. The Balaban J connectivity index is 1.21. The molecule has 1 aromatic heterocycles. The van der Waals surface area contributed by atoms with E-state index in [4.69, 9.17) is 4.74 Å². The third-order valence-corrected chi connectivity index (χ3v) is 7.40. The molecule has 7 heteroatoms. The summed E-state index contributed by atoms with van der Waals surface area (Å²) in [5.74, 6) is 1.62. The second kappa shape index (κ2) is 7.29. The molecule has 0 N–H and O–H groups in total. The summed E-state index contributed by atoms with van der Waals surface area (Å²) >= 11 is 0. The Morgan fingerprint density at radius 2 is 1.77 bits per heavy atom. The smallest absolute Gasteiger partial charge is 0.308 e. The normalized spacial score (nSPS) is 30.4. The number of nitrogens with zero attached hydrogens (tertiary/aromatic N) is 3. The maximum atomic E-state index is 13.3. The standard InChI is InChI=1S/C23H27N3O4/c1-14(21(28)23-11-15-8-16(12-23)10-17(9-15)13-23)30-20(27)6-7-26-22(29)18-4-2-3-5-19(18)24-25-26/h2-5,14-17H,6-13H2,1H3/t14-,15?,16?,17?,23?/m1/s1. The average molecular weight is 409 g/mol. The number of aromatic nitrogens is 3. The minimum absolute atomic E-state index is 0.0224. The molecule has 0 aliphatic heterocycles. The lowest BCUT2D eigenvalue weighted by Crippen LogP contribution is -2.52. The first-order valence-electron chi connectivity index (χ1n) is 11.0. The number of carbonyl (C=O) groups is 2. The van der Waals surface area contributed by atoms with Crippen LogP contribution in [-0.2, 0) is 20.9 Å². The zero-order valence-electron chi connectivity index (χ0n) is 17.3. The highest BCUT2D eigenvalue weighted by atomic mass is 16.5. The van der Waals surface area contributed by atoms with Gasteiger partial charge in [-0.25, -0.2) is 4.68 Å². The second-order valence-electron chi connectivity index (χ2n) is 9.58. The molecule has 4 saturated carbocycles. The van der Waals surface area contributed by atoms with E-state index in [0.717, 1.165) is 19.3 Å². The quantitative estimate of drug-likeness (QED) is 0.682. The van der Waals surface area contributed by atoms with Crippen molar-refractivity contribution in [1.82, 2.24) is 15.0 Å². The Morgan fingerprint density at radius 3 is 2.43 bits per heavy atom. The molecule has 0 amide bonds. The molecule has 7 nitrogen and oxygen atoms in total. The van der Waals surface area contributed by atoms with E-state index < -0.39 is 12.1 Å². The monoisotopic (exact) mass is 409 g/mol. The van der Waals surface area contributed by atoms with Gasteiger partial charge in [-0.3, -0.25) is 14.4 Å². The Morgan fingerprint density at radius 1 is 1.13 bits per heavy atom. The molecule has 6 rings (SSSR count). The third kappa shape index (κ3) is 3.34. The lowest BCUT2D eigenvalue weighted by Gasteiger charge is -2.56. The molecule has 0 unspecified atom stereocenters. The predicted octanol–water partition coefficient (Wildman–Crippen LogP) is 2.90. The van der Waals surface area contributed by atoms with E-state index in [-0.39, 0.29) is 29.7 Å². The molecule has 158 valence electrons. The number of ketones is 1. The van der Waals surface area contributed by atoms with Crippen LogP contribution in [0.5, 0.6) is 0 Å². The summed E-state index contributed by atoms with van der Waals surface area (Å²) in [7, 11) is 0. The van der Waals surface area contributed by atoms with Gasteiger partial charge in [-0.2, -0.15) is 0 Å². The molecule has 1 heterocycles. The van der Waals surface area contributed by atoms with Crippen LogP contribution >= 0.6 is 0 Å². The number of ether oxygens (including phenoxy) is 1. The molecule has 2 aromatic rings. The third-order valence-electron chi connectivity index (χ3n) is 7.40. The van der Waals surface area contributed by atoms with Gasteiger partial charge in [-0.15, -0.1) is 5.10 Å². The minimum atomic E-state index is -0.742. The van der Waals surface area contributed by atoms with E-state index >= 15 is 0 Å². The van der Waals surface area contributed by atoms with Gasteiger partial charge in [0.1, 0.15) is 5.52 Å². The van der Waals surface area contributed by atoms with Crippen LogP contribution < -0.4 is 5.56 Å². The van der Waals surface area contributed by atoms with Crippen molar-refractivity contribution >= 4 is 22.7 Å². The molecule has 0 saturated heterocycles. The summed E-state index contributed by atoms with van der Waals surface area (Å²) in [5.41, 5.74) is -0.0444. The predicted molar refractivity (Wildman–Crippen MR) is 110 cm³/mol. The van der Waals surface area contributed by atoms with Crippen molar-refractivity contribution in [2.24, 2.45) is 23.2 Å². The van der Waals surface area contributed by atoms with Crippen molar-refractivity contribution in [3.8, 4) is 0 Å². The number of benzene rings is 1. The number of Topliss-reactive ketones (excluding diaryl/α,β-unsaturated/α-hetero) is 1. The number of fused-ring (bicyclic) bond motifs is 1. The number of hydrogen-bond acceptors (Lipinski definition) is 6. The molecule has 1 atom stereocenters. The van der Waals surface area contributed by atoms with E-state index in [2.05, 4.69) is 10.3 Å². The maximum Gasteiger partial charge on any atom is 0.308 e. The number of carbonyl (C=O) groups excluding carboxylic acids is 2. The Bertz CT molecular complexity index is 1020. The van der Waals surface area contributed by atoms with Crippen molar-refractivity contribution in [3.63, 3.8) is 0 Å². The number of rotatable bonds is 6. The van der Waals surface area contributed by atoms with E-state index in [1.54, 1.807) is 31.2 Å². The first-order chi connectivity index (χ1) is 14.4. The summed E-state index contributed by atoms with van der Waals surface area (Å²) in [6, 6.07) is 6.97. The van der Waals surface area contributed by atoms with Crippen molar-refractivity contribution in [3.05, 3.63) is 34.6 Å². The Hall–Kier alpha value is -2.57. The van der Waals surface area contributed by atoms with Gasteiger partial charge in [0.15, 0.2) is 11.9 Å². The molecule has 4 aliphatic carbocycles. The van der Waals surface area contributed by atoms with Crippen molar-refractivity contribution in [1.29, 1.82) is 0 Å². The zero-order chi connectivity index (χ0) is 20.9. The van der Waals surface area contributed by atoms with Crippen LogP contribution in [0.4, 0.5) is 0 Å². The van der Waals surface area contributed by atoms with Crippen LogP contribution in [0.3, 0.4) is 0 Å². The van der Waals surface area contributed by atoms with Crippen molar-refractivity contribution < 1.29 is 14.3 Å². The van der Waals surface area contributed by atoms with E-state index in [1.165, 1.54) is 23.9 Å². The Kier molecular flexibility index (Phi) is 4.71. The fraction of sp³-hybridized carbons (Fsp3) is 0.609. The summed E-state index contributed by atoms with van der Waals surface area (Å²) in [6.45, 7) is 1.77. The maximum absolute atomic E-state index is 13.3. The molecular formula is C23H27N3O4. The van der Waals surface area contributed by atoms with Crippen LogP contribution in [0.1, 0.15) is 51.9 Å². The van der Waals surface area contributed by atoms with Crippen LogP contribution in [0.25, 0.3) is 10.9 Å². The molecule has 4 fully saturated rings. The molecule has 30 heavy (non-hydrogen) atoms. The van der Waals surface area contributed by atoms with E-state index in [0.29, 0.717) is 28.7 Å². The van der Waals surface area contributed by atoms with Gasteiger partial charge in [-0.05, 0) is 75.3 Å². The second-order valence-corrected chi connectivity index (χ2v) is 9.58. The highest BCUT2D eigenvalue weighted by Crippen LogP contribution is 2.60.